The first kappa shape index (κ1) is 46.1. The summed E-state index contributed by atoms with van der Waals surface area (Å²) in [6, 6.07) is 95.2. The molecule has 13 aromatic carbocycles. The molecule has 0 saturated heterocycles. The molecule has 4 heterocycles. The van der Waals surface area contributed by atoms with E-state index in [1.165, 1.54) is 16.3 Å². The molecule has 18 rings (SSSR count). The van der Waals surface area contributed by atoms with E-state index in [1.807, 2.05) is 48.5 Å². The smallest absolute Gasteiger partial charge is 0.187 e. The lowest BCUT2D eigenvalue weighted by Crippen LogP contribution is -2.34. The van der Waals surface area contributed by atoms with E-state index in [0.29, 0.717) is 11.3 Å². The summed E-state index contributed by atoms with van der Waals surface area (Å²) in [6.07, 6.45) is 0. The molecule has 1 unspecified atom stereocenters. The molecule has 388 valence electrons. The zero-order valence-electron chi connectivity index (χ0n) is 44.9. The van der Waals surface area contributed by atoms with Crippen LogP contribution in [0.5, 0.6) is 0 Å². The molecule has 0 bridgehead atoms. The molecule has 16 aromatic rings. The molecule has 0 saturated carbocycles. The summed E-state index contributed by atoms with van der Waals surface area (Å²) in [5.41, 5.74) is 19.2. The average molecular weight is 1070 g/mol. The number of fused-ring (bicyclic) bond motifs is 22. The maximum atomic E-state index is 10.2. The molecular weight excluding hydrogens is 1030 g/mol. The molecule has 84 heavy (non-hydrogen) atoms. The van der Waals surface area contributed by atoms with Gasteiger partial charge in [0.1, 0.15) is 11.2 Å². The quantitative estimate of drug-likeness (QED) is 0.155. The van der Waals surface area contributed by atoms with Gasteiger partial charge in [-0.05, 0) is 129 Å². The van der Waals surface area contributed by atoms with Crippen molar-refractivity contribution in [3.8, 4) is 22.9 Å². The van der Waals surface area contributed by atoms with Crippen molar-refractivity contribution in [2.75, 3.05) is 9.80 Å². The Kier molecular flexibility index (Phi) is 9.44. The highest BCUT2D eigenvalue weighted by molar-refractivity contribution is 6.22. The van der Waals surface area contributed by atoms with E-state index >= 15 is 0 Å². The summed E-state index contributed by atoms with van der Waals surface area (Å²) in [5.74, 6) is 0. The Morgan fingerprint density at radius 2 is 0.845 bits per heavy atom. The third-order valence-electron chi connectivity index (χ3n) is 18.0. The molecule has 1 atom stereocenters. The van der Waals surface area contributed by atoms with Gasteiger partial charge >= 0.3 is 0 Å². The third-order valence-corrected chi connectivity index (χ3v) is 18.0. The minimum atomic E-state index is -0.949. The molecule has 1 aliphatic heterocycles. The van der Waals surface area contributed by atoms with Crippen LogP contribution in [0.4, 0.5) is 39.8 Å². The summed E-state index contributed by atoms with van der Waals surface area (Å²) in [7, 11) is 0. The number of hydrogen-bond acceptors (Lipinski definition) is 5. The maximum Gasteiger partial charge on any atom is 0.187 e. The molecule has 0 fully saturated rings. The number of rotatable bonds is 6. The normalized spacial score (nSPS) is 14.0. The molecule has 0 N–H and O–H groups in total. The molecule has 1 spiro atoms. The Labute approximate surface area is 481 Å². The number of hydrogen-bond donors (Lipinski definition) is 0. The van der Waals surface area contributed by atoms with E-state index in [4.69, 9.17) is 15.4 Å². The second kappa shape index (κ2) is 17.2. The van der Waals surface area contributed by atoms with Crippen molar-refractivity contribution < 1.29 is 8.83 Å². The predicted molar refractivity (Wildman–Crippen MR) is 342 cm³/mol. The summed E-state index contributed by atoms with van der Waals surface area (Å²) in [5, 5.41) is 21.0. The first-order valence-electron chi connectivity index (χ1n) is 28.2. The number of nitrogens with zero attached hydrogens (tertiary/aromatic N) is 5. The van der Waals surface area contributed by atoms with Crippen molar-refractivity contribution in [1.29, 1.82) is 5.26 Å². The number of para-hydroxylation sites is 7. The van der Waals surface area contributed by atoms with Crippen molar-refractivity contribution in [3.05, 3.63) is 300 Å². The Balaban J connectivity index is 1.03. The number of aromatic nitrogens is 1. The van der Waals surface area contributed by atoms with Crippen LogP contribution < -0.4 is 9.80 Å². The van der Waals surface area contributed by atoms with Crippen molar-refractivity contribution in [3.63, 3.8) is 0 Å². The predicted octanol–water partition coefficient (Wildman–Crippen LogP) is 20.9. The number of anilines is 6. The van der Waals surface area contributed by atoms with Gasteiger partial charge in [-0.1, -0.05) is 176 Å². The van der Waals surface area contributed by atoms with Crippen LogP contribution in [0, 0.1) is 17.9 Å². The van der Waals surface area contributed by atoms with Gasteiger partial charge in [0.2, 0.25) is 0 Å². The van der Waals surface area contributed by atoms with Gasteiger partial charge in [-0.2, -0.15) is 5.26 Å². The molecule has 2 aliphatic rings. The topological polar surface area (TPSA) is 65.8 Å². The van der Waals surface area contributed by atoms with Gasteiger partial charge in [0.15, 0.2) is 16.9 Å². The largest absolute Gasteiger partial charge is 0.454 e. The summed E-state index contributed by atoms with van der Waals surface area (Å²) < 4.78 is 16.4. The minimum Gasteiger partial charge on any atom is -0.454 e. The Bertz CT molecular complexity index is 5350. The average Bonchev–Trinajstić information content (AvgIpc) is 1.48. The van der Waals surface area contributed by atoms with Crippen LogP contribution in [-0.2, 0) is 5.41 Å². The van der Waals surface area contributed by atoms with Crippen LogP contribution in [0.3, 0.4) is 0 Å². The van der Waals surface area contributed by atoms with E-state index in [-0.39, 0.29) is 0 Å². The third kappa shape index (κ3) is 6.06. The fourth-order valence-corrected chi connectivity index (χ4v) is 14.6. The summed E-state index contributed by atoms with van der Waals surface area (Å²) in [4.78, 5) is 8.56. The summed E-state index contributed by atoms with van der Waals surface area (Å²) in [6.45, 7) is 8.03. The summed E-state index contributed by atoms with van der Waals surface area (Å²) >= 11 is 0. The number of furan rings is 2. The number of nitriles is 1. The molecule has 0 radical (unpaired) electrons. The molecular formula is C77H43N5O2. The van der Waals surface area contributed by atoms with E-state index in [1.54, 1.807) is 0 Å². The zero-order chi connectivity index (χ0) is 55.4. The van der Waals surface area contributed by atoms with E-state index in [0.717, 1.165) is 144 Å². The standard InChI is InChI=1S/C77H43N5O2/c1-79-47-37-41-49(42-38-47)81(67-32-16-26-59-54-21-8-13-34-71(54)84-76(59)67)69-44-63-73(56-23-5-3-18-51(56)69)72-55-22-4-2-17-50(55)68(80(48-39-35-46(45-78)36-40-48)66-31-15-25-58-53-20-7-12-33-70(53)83-75(58)66)43-62(72)77(63)60-27-9-11-30-65(60)82-64-29-10-6-19-52(64)57-24-14-28-61(77)74(57)82/h2-44H. The van der Waals surface area contributed by atoms with Crippen molar-refractivity contribution in [2.24, 2.45) is 0 Å². The second-order valence-corrected chi connectivity index (χ2v) is 22.0. The zero-order valence-corrected chi connectivity index (χ0v) is 44.9. The van der Waals surface area contributed by atoms with Gasteiger partial charge in [-0.25, -0.2) is 4.85 Å². The molecule has 0 amide bonds. The van der Waals surface area contributed by atoms with Gasteiger partial charge in [-0.15, -0.1) is 0 Å². The van der Waals surface area contributed by atoms with Gasteiger partial charge in [0.05, 0.1) is 63.1 Å². The highest BCUT2D eigenvalue weighted by Crippen LogP contribution is 2.66. The van der Waals surface area contributed by atoms with Gasteiger partial charge < -0.3 is 23.2 Å². The second-order valence-electron chi connectivity index (χ2n) is 22.0. The van der Waals surface area contributed by atoms with Crippen LogP contribution >= 0.6 is 0 Å². The number of benzene rings is 13. The Morgan fingerprint density at radius 3 is 1.42 bits per heavy atom. The van der Waals surface area contributed by atoms with Gasteiger partial charge in [-0.3, -0.25) is 0 Å². The van der Waals surface area contributed by atoms with Crippen LogP contribution in [-0.4, -0.2) is 4.57 Å². The van der Waals surface area contributed by atoms with Crippen molar-refractivity contribution in [2.45, 2.75) is 5.41 Å². The first-order valence-corrected chi connectivity index (χ1v) is 28.2. The highest BCUT2D eigenvalue weighted by atomic mass is 16.3. The molecule has 7 nitrogen and oxygen atoms in total. The Morgan fingerprint density at radius 1 is 0.393 bits per heavy atom. The van der Waals surface area contributed by atoms with Crippen LogP contribution in [0.15, 0.2) is 270 Å². The minimum absolute atomic E-state index is 0.561. The van der Waals surface area contributed by atoms with Gasteiger partial charge in [0, 0.05) is 54.5 Å². The van der Waals surface area contributed by atoms with E-state index in [2.05, 4.69) is 238 Å². The van der Waals surface area contributed by atoms with Crippen LogP contribution in [0.1, 0.15) is 27.8 Å². The molecule has 7 heteroatoms. The molecule has 3 aromatic heterocycles. The highest BCUT2D eigenvalue weighted by Gasteiger charge is 2.53. The van der Waals surface area contributed by atoms with Crippen LogP contribution in [0.25, 0.3) is 109 Å². The first-order chi connectivity index (χ1) is 41.6. The Hall–Kier alpha value is -11.6. The van der Waals surface area contributed by atoms with Gasteiger partial charge in [0.25, 0.3) is 0 Å². The fraction of sp³-hybridized carbons (Fsp3) is 0.0130. The lowest BCUT2D eigenvalue weighted by molar-refractivity contribution is 0.669. The van der Waals surface area contributed by atoms with E-state index < -0.39 is 5.41 Å². The van der Waals surface area contributed by atoms with Crippen molar-refractivity contribution in [1.82, 2.24) is 4.57 Å². The SMILES string of the molecule is [C-]#[N+]c1ccc(N(c2cc3c(c4ccccc24)-c2c(cc(N(c4ccc(C#N)cc4)c4cccc5c4oc4ccccc45)c4ccccc24)C32c3ccccc3-n3c4ccccc4c4cccc2c43)c2cccc3c2oc2ccccc23)cc1. The maximum absolute atomic E-state index is 10.2. The lowest BCUT2D eigenvalue weighted by atomic mass is 9.65. The lowest BCUT2D eigenvalue weighted by Gasteiger charge is -2.40. The monoisotopic (exact) mass is 1070 g/mol. The fourth-order valence-electron chi connectivity index (χ4n) is 14.6. The molecule has 1 aliphatic carbocycles. The van der Waals surface area contributed by atoms with Crippen molar-refractivity contribution >= 4 is 127 Å². The van der Waals surface area contributed by atoms with Crippen LogP contribution in [0.2, 0.25) is 0 Å². The van der Waals surface area contributed by atoms with E-state index in [9.17, 15) is 5.26 Å².